The van der Waals surface area contributed by atoms with Crippen LogP contribution in [0.2, 0.25) is 0 Å². The zero-order valence-electron chi connectivity index (χ0n) is 8.31. The van der Waals surface area contributed by atoms with Gasteiger partial charge in [0, 0.05) is 0 Å². The molecule has 0 spiro atoms. The van der Waals surface area contributed by atoms with Gasteiger partial charge < -0.3 is 0 Å². The van der Waals surface area contributed by atoms with Gasteiger partial charge in [-0.05, 0) is 30.2 Å². The lowest BCUT2D eigenvalue weighted by atomic mass is 10.0. The van der Waals surface area contributed by atoms with Gasteiger partial charge in [0.25, 0.3) is 0 Å². The highest BCUT2D eigenvalue weighted by atomic mass is 19.4. The van der Waals surface area contributed by atoms with Gasteiger partial charge in [0.2, 0.25) is 0 Å². The second kappa shape index (κ2) is 4.34. The first-order valence-electron chi connectivity index (χ1n) is 4.42. The van der Waals surface area contributed by atoms with Crippen LogP contribution in [0, 0.1) is 6.92 Å². The van der Waals surface area contributed by atoms with Gasteiger partial charge >= 0.3 is 6.18 Å². The minimum absolute atomic E-state index is 0.560. The van der Waals surface area contributed by atoms with Crippen LogP contribution in [0.1, 0.15) is 16.7 Å². The van der Waals surface area contributed by atoms with Gasteiger partial charge in [-0.25, -0.2) is 0 Å². The Morgan fingerprint density at radius 2 is 1.93 bits per heavy atom. The molecule has 0 fully saturated rings. The zero-order chi connectivity index (χ0) is 11.5. The summed E-state index contributed by atoms with van der Waals surface area (Å²) in [7, 11) is 0. The highest BCUT2D eigenvalue weighted by Crippen LogP contribution is 2.30. The van der Waals surface area contributed by atoms with Crippen LogP contribution in [0.4, 0.5) is 13.2 Å². The molecule has 0 heterocycles. The van der Waals surface area contributed by atoms with Crippen molar-refractivity contribution in [3.63, 3.8) is 0 Å². The lowest BCUT2D eigenvalue weighted by Gasteiger charge is -2.08. The molecule has 1 aromatic carbocycles. The Morgan fingerprint density at radius 3 is 2.47 bits per heavy atom. The zero-order valence-corrected chi connectivity index (χ0v) is 8.31. The summed E-state index contributed by atoms with van der Waals surface area (Å²) in [5.41, 5.74) is 0.739. The van der Waals surface area contributed by atoms with Crippen molar-refractivity contribution in [2.24, 2.45) is 0 Å². The van der Waals surface area contributed by atoms with Gasteiger partial charge in [0.1, 0.15) is 0 Å². The van der Waals surface area contributed by atoms with Crippen molar-refractivity contribution in [2.75, 3.05) is 0 Å². The molecule has 0 amide bonds. The van der Waals surface area contributed by atoms with E-state index in [4.69, 9.17) is 0 Å². The smallest absolute Gasteiger partial charge is 0.166 e. The first-order chi connectivity index (χ1) is 6.95. The summed E-state index contributed by atoms with van der Waals surface area (Å²) in [5, 5.41) is 0. The van der Waals surface area contributed by atoms with Gasteiger partial charge in [-0.3, -0.25) is 0 Å². The summed E-state index contributed by atoms with van der Waals surface area (Å²) in [4.78, 5) is 0. The average Bonchev–Trinajstić information content (AvgIpc) is 2.15. The molecule has 0 nitrogen and oxygen atoms in total. The number of allylic oxidation sites excluding steroid dienone is 2. The fourth-order valence-corrected chi connectivity index (χ4v) is 1.17. The third-order valence-electron chi connectivity index (χ3n) is 2.02. The van der Waals surface area contributed by atoms with E-state index in [9.17, 15) is 13.2 Å². The predicted octanol–water partition coefficient (Wildman–Crippen LogP) is 4.21. The maximum Gasteiger partial charge on any atom is 0.416 e. The first kappa shape index (κ1) is 11.6. The van der Waals surface area contributed by atoms with E-state index in [-0.39, 0.29) is 0 Å². The number of alkyl halides is 3. The Balaban J connectivity index is 3.16. The summed E-state index contributed by atoms with van der Waals surface area (Å²) in [5.74, 6) is 0. The molecule has 0 aliphatic rings. The van der Waals surface area contributed by atoms with E-state index in [1.807, 2.05) is 0 Å². The van der Waals surface area contributed by atoms with Crippen molar-refractivity contribution in [2.45, 2.75) is 13.1 Å². The highest BCUT2D eigenvalue weighted by Gasteiger charge is 2.30. The molecule has 0 aliphatic heterocycles. The van der Waals surface area contributed by atoms with E-state index in [2.05, 4.69) is 6.58 Å². The molecule has 0 saturated heterocycles. The van der Waals surface area contributed by atoms with Crippen molar-refractivity contribution in [3.8, 4) is 0 Å². The number of rotatable bonds is 2. The second-order valence-electron chi connectivity index (χ2n) is 3.16. The minimum atomic E-state index is -4.29. The molecule has 1 rings (SSSR count). The van der Waals surface area contributed by atoms with Crippen LogP contribution in [0.5, 0.6) is 0 Å². The summed E-state index contributed by atoms with van der Waals surface area (Å²) in [6.07, 6.45) is 0.463. The maximum absolute atomic E-state index is 12.4. The monoisotopic (exact) mass is 212 g/mol. The van der Waals surface area contributed by atoms with E-state index >= 15 is 0 Å². The fraction of sp³-hybridized carbons (Fsp3) is 0.167. The Hall–Kier alpha value is -1.51. The summed E-state index contributed by atoms with van der Waals surface area (Å²) < 4.78 is 37.1. The van der Waals surface area contributed by atoms with Crippen molar-refractivity contribution in [1.29, 1.82) is 0 Å². The van der Waals surface area contributed by atoms with Gasteiger partial charge in [0.05, 0.1) is 5.56 Å². The molecule has 0 N–H and O–H groups in total. The quantitative estimate of drug-likeness (QED) is 0.644. The molecule has 3 heteroatoms. The molecule has 0 aromatic heterocycles. The van der Waals surface area contributed by atoms with Crippen molar-refractivity contribution >= 4 is 6.08 Å². The van der Waals surface area contributed by atoms with E-state index in [0.29, 0.717) is 5.56 Å². The third-order valence-corrected chi connectivity index (χ3v) is 2.02. The molecule has 0 aliphatic carbocycles. The normalized spacial score (nSPS) is 12.0. The van der Waals surface area contributed by atoms with Gasteiger partial charge in [-0.15, -0.1) is 0 Å². The Morgan fingerprint density at radius 1 is 1.27 bits per heavy atom. The molecule has 15 heavy (non-hydrogen) atoms. The topological polar surface area (TPSA) is 0 Å². The molecule has 0 atom stereocenters. The number of benzene rings is 1. The van der Waals surface area contributed by atoms with Crippen molar-refractivity contribution < 1.29 is 13.2 Å². The highest BCUT2D eigenvalue weighted by molar-refractivity contribution is 5.56. The van der Waals surface area contributed by atoms with Crippen molar-refractivity contribution in [1.82, 2.24) is 0 Å². The van der Waals surface area contributed by atoms with Crippen LogP contribution < -0.4 is 0 Å². The van der Waals surface area contributed by atoms with Crippen LogP contribution in [0.3, 0.4) is 0 Å². The summed E-state index contributed by atoms with van der Waals surface area (Å²) >= 11 is 0. The van der Waals surface area contributed by atoms with Crippen LogP contribution in [0.15, 0.2) is 36.9 Å². The molecule has 80 valence electrons. The average molecular weight is 212 g/mol. The number of aryl methyl sites for hydroxylation is 1. The van der Waals surface area contributed by atoms with E-state index < -0.39 is 11.7 Å². The lowest BCUT2D eigenvalue weighted by molar-refractivity contribution is -0.137. The Kier molecular flexibility index (Phi) is 3.35. The van der Waals surface area contributed by atoms with Gasteiger partial charge in [0.15, 0.2) is 0 Å². The van der Waals surface area contributed by atoms with Crippen LogP contribution in [-0.4, -0.2) is 0 Å². The molecule has 0 radical (unpaired) electrons. The van der Waals surface area contributed by atoms with E-state index in [1.54, 1.807) is 19.1 Å². The SMILES string of the molecule is C=C/C=C\c1cc(C(F)(F)F)ccc1C. The first-order valence-corrected chi connectivity index (χ1v) is 4.42. The molecule has 0 saturated carbocycles. The molecular weight excluding hydrogens is 201 g/mol. The third kappa shape index (κ3) is 2.98. The van der Waals surface area contributed by atoms with E-state index in [1.165, 1.54) is 12.1 Å². The number of hydrogen-bond acceptors (Lipinski definition) is 0. The molecule has 0 unspecified atom stereocenters. The van der Waals surface area contributed by atoms with Gasteiger partial charge in [-0.1, -0.05) is 30.9 Å². The summed E-state index contributed by atoms with van der Waals surface area (Å²) in [6.45, 7) is 5.23. The Labute approximate surface area is 86.7 Å². The maximum atomic E-state index is 12.4. The van der Waals surface area contributed by atoms with Crippen LogP contribution >= 0.6 is 0 Å². The second-order valence-corrected chi connectivity index (χ2v) is 3.16. The van der Waals surface area contributed by atoms with Gasteiger partial charge in [-0.2, -0.15) is 13.2 Å². The fourth-order valence-electron chi connectivity index (χ4n) is 1.17. The van der Waals surface area contributed by atoms with Crippen molar-refractivity contribution in [3.05, 3.63) is 53.6 Å². The largest absolute Gasteiger partial charge is 0.416 e. The molecule has 0 bridgehead atoms. The number of hydrogen-bond donors (Lipinski definition) is 0. The lowest BCUT2D eigenvalue weighted by Crippen LogP contribution is -2.05. The predicted molar refractivity (Wildman–Crippen MR) is 55.4 cm³/mol. The number of halogens is 3. The molecular formula is C12H11F3. The van der Waals surface area contributed by atoms with Crippen LogP contribution in [0.25, 0.3) is 6.08 Å². The van der Waals surface area contributed by atoms with E-state index in [0.717, 1.165) is 17.7 Å². The summed E-state index contributed by atoms with van der Waals surface area (Å²) in [6, 6.07) is 3.68. The Bertz CT molecular complexity index is 386. The van der Waals surface area contributed by atoms with Crippen LogP contribution in [-0.2, 0) is 6.18 Å². The minimum Gasteiger partial charge on any atom is -0.166 e. The standard InChI is InChI=1S/C12H11F3/c1-3-4-5-10-8-11(12(13,14)15)7-6-9(10)2/h3-8H,1H2,2H3/b5-4-. The molecule has 1 aromatic rings.